The zero-order valence-electron chi connectivity index (χ0n) is 10.3. The Morgan fingerprint density at radius 3 is 2.68 bits per heavy atom. The third kappa shape index (κ3) is 2.18. The average Bonchev–Trinajstić information content (AvgIpc) is 2.48. The van der Waals surface area contributed by atoms with Crippen LogP contribution in [0.2, 0.25) is 0 Å². The van der Waals surface area contributed by atoms with E-state index in [0.717, 1.165) is 10.9 Å². The van der Waals surface area contributed by atoms with Crippen molar-refractivity contribution in [3.8, 4) is 17.5 Å². The predicted molar refractivity (Wildman–Crippen MR) is 70.4 cm³/mol. The largest absolute Gasteiger partial charge is 0.478 e. The Bertz CT molecular complexity index is 710. The van der Waals surface area contributed by atoms with Crippen molar-refractivity contribution >= 4 is 10.9 Å². The molecular weight excluding hydrogens is 242 g/mol. The average molecular weight is 253 g/mol. The Morgan fingerprint density at radius 2 is 1.79 bits per heavy atom. The highest BCUT2D eigenvalue weighted by atomic mass is 16.5. The summed E-state index contributed by atoms with van der Waals surface area (Å²) in [6.07, 6.45) is 3.12. The van der Waals surface area contributed by atoms with E-state index >= 15 is 0 Å². The van der Waals surface area contributed by atoms with Crippen molar-refractivity contribution < 1.29 is 9.47 Å². The summed E-state index contributed by atoms with van der Waals surface area (Å²) < 4.78 is 10.9. The van der Waals surface area contributed by atoms with Crippen molar-refractivity contribution in [2.24, 2.45) is 0 Å². The number of methoxy groups -OCH3 is 1. The van der Waals surface area contributed by atoms with E-state index < -0.39 is 0 Å². The van der Waals surface area contributed by atoms with Gasteiger partial charge in [-0.1, -0.05) is 12.1 Å². The van der Waals surface area contributed by atoms with Crippen molar-refractivity contribution in [1.82, 2.24) is 15.0 Å². The first-order chi connectivity index (χ1) is 9.38. The molecule has 0 unspecified atom stereocenters. The molecule has 0 atom stereocenters. The first kappa shape index (κ1) is 11.4. The molecule has 0 radical (unpaired) electrons. The summed E-state index contributed by atoms with van der Waals surface area (Å²) in [5.41, 5.74) is 0.829. The molecule has 0 fully saturated rings. The number of pyridine rings is 1. The van der Waals surface area contributed by atoms with Gasteiger partial charge >= 0.3 is 0 Å². The van der Waals surface area contributed by atoms with E-state index in [1.54, 1.807) is 25.4 Å². The molecule has 0 bridgehead atoms. The zero-order chi connectivity index (χ0) is 13.1. The second-order valence-electron chi connectivity index (χ2n) is 3.81. The molecular formula is C14H11N3O2. The molecule has 0 spiro atoms. The maximum atomic E-state index is 5.78. The monoisotopic (exact) mass is 253 g/mol. The minimum atomic E-state index is 0.421. The fourth-order valence-electron chi connectivity index (χ4n) is 1.77. The van der Waals surface area contributed by atoms with Gasteiger partial charge in [-0.15, -0.1) is 0 Å². The van der Waals surface area contributed by atoms with Crippen molar-refractivity contribution in [1.29, 1.82) is 0 Å². The van der Waals surface area contributed by atoms with Gasteiger partial charge < -0.3 is 9.47 Å². The quantitative estimate of drug-likeness (QED) is 0.718. The molecule has 3 aromatic rings. The second kappa shape index (κ2) is 4.89. The van der Waals surface area contributed by atoms with Crippen LogP contribution in [0.4, 0.5) is 0 Å². The molecule has 2 aromatic heterocycles. The summed E-state index contributed by atoms with van der Waals surface area (Å²) in [6.45, 7) is 0. The Hall–Kier alpha value is -2.69. The van der Waals surface area contributed by atoms with Gasteiger partial charge in [0, 0.05) is 6.20 Å². The molecule has 0 amide bonds. The SMILES string of the molecule is COc1ncccc1Oc1ncnc2ccccc12. The molecule has 0 aliphatic heterocycles. The molecule has 0 aliphatic carbocycles. The summed E-state index contributed by atoms with van der Waals surface area (Å²) >= 11 is 0. The number of fused-ring (bicyclic) bond motifs is 1. The van der Waals surface area contributed by atoms with Crippen molar-refractivity contribution in [2.45, 2.75) is 0 Å². The zero-order valence-corrected chi connectivity index (χ0v) is 10.3. The van der Waals surface area contributed by atoms with Gasteiger partial charge in [-0.25, -0.2) is 15.0 Å². The van der Waals surface area contributed by atoms with Crippen LogP contribution in [0, 0.1) is 0 Å². The number of nitrogens with zero attached hydrogens (tertiary/aromatic N) is 3. The molecule has 94 valence electrons. The number of benzene rings is 1. The molecule has 0 saturated carbocycles. The van der Waals surface area contributed by atoms with Gasteiger partial charge in [0.2, 0.25) is 5.88 Å². The lowest BCUT2D eigenvalue weighted by Crippen LogP contribution is -1.95. The molecule has 5 heteroatoms. The van der Waals surface area contributed by atoms with E-state index in [4.69, 9.17) is 9.47 Å². The molecule has 3 rings (SSSR count). The van der Waals surface area contributed by atoms with E-state index in [-0.39, 0.29) is 0 Å². The second-order valence-corrected chi connectivity index (χ2v) is 3.81. The summed E-state index contributed by atoms with van der Waals surface area (Å²) in [7, 11) is 1.55. The van der Waals surface area contributed by atoms with Gasteiger partial charge in [0.25, 0.3) is 5.88 Å². The lowest BCUT2D eigenvalue weighted by molar-refractivity contribution is 0.361. The maximum absolute atomic E-state index is 5.78. The number of rotatable bonds is 3. The molecule has 2 heterocycles. The van der Waals surface area contributed by atoms with Gasteiger partial charge in [0.05, 0.1) is 18.0 Å². The van der Waals surface area contributed by atoms with Gasteiger partial charge in [-0.3, -0.25) is 0 Å². The van der Waals surface area contributed by atoms with Crippen LogP contribution in [0.3, 0.4) is 0 Å². The van der Waals surface area contributed by atoms with Crippen LogP contribution in [-0.2, 0) is 0 Å². The molecule has 0 saturated heterocycles. The standard InChI is InChI=1S/C14H11N3O2/c1-18-14-12(7-4-8-15-14)19-13-10-5-2-3-6-11(10)16-9-17-13/h2-9H,1H3. The maximum Gasteiger partial charge on any atom is 0.257 e. The van der Waals surface area contributed by atoms with Crippen LogP contribution in [0.5, 0.6) is 17.5 Å². The molecule has 5 nitrogen and oxygen atoms in total. The van der Waals surface area contributed by atoms with Crippen LogP contribution in [-0.4, -0.2) is 22.1 Å². The van der Waals surface area contributed by atoms with Crippen LogP contribution in [0.1, 0.15) is 0 Å². The predicted octanol–water partition coefficient (Wildman–Crippen LogP) is 2.83. The Morgan fingerprint density at radius 1 is 0.895 bits per heavy atom. The van der Waals surface area contributed by atoms with Gasteiger partial charge in [0.15, 0.2) is 5.75 Å². The fourth-order valence-corrected chi connectivity index (χ4v) is 1.77. The lowest BCUT2D eigenvalue weighted by Gasteiger charge is -2.09. The molecule has 0 N–H and O–H groups in total. The summed E-state index contributed by atoms with van der Waals surface area (Å²) in [4.78, 5) is 12.4. The summed E-state index contributed by atoms with van der Waals surface area (Å²) in [5, 5.41) is 0.843. The van der Waals surface area contributed by atoms with Gasteiger partial charge in [-0.2, -0.15) is 0 Å². The molecule has 1 aromatic carbocycles. The van der Waals surface area contributed by atoms with Crippen LogP contribution in [0.15, 0.2) is 48.9 Å². The number of ether oxygens (including phenoxy) is 2. The minimum absolute atomic E-state index is 0.421. The van der Waals surface area contributed by atoms with Crippen molar-refractivity contribution in [3.05, 3.63) is 48.9 Å². The van der Waals surface area contributed by atoms with E-state index in [1.165, 1.54) is 6.33 Å². The Balaban J connectivity index is 2.06. The normalized spacial score (nSPS) is 10.4. The van der Waals surface area contributed by atoms with Gasteiger partial charge in [-0.05, 0) is 24.3 Å². The Kier molecular flexibility index (Phi) is 2.94. The highest BCUT2D eigenvalue weighted by Crippen LogP contribution is 2.31. The summed E-state index contributed by atoms with van der Waals surface area (Å²) in [5.74, 6) is 1.43. The smallest absolute Gasteiger partial charge is 0.257 e. The first-order valence-corrected chi connectivity index (χ1v) is 5.75. The third-order valence-corrected chi connectivity index (χ3v) is 2.64. The van der Waals surface area contributed by atoms with Crippen LogP contribution >= 0.6 is 0 Å². The third-order valence-electron chi connectivity index (χ3n) is 2.64. The number of hydrogen-bond acceptors (Lipinski definition) is 5. The van der Waals surface area contributed by atoms with E-state index in [9.17, 15) is 0 Å². The van der Waals surface area contributed by atoms with Crippen molar-refractivity contribution in [2.75, 3.05) is 7.11 Å². The van der Waals surface area contributed by atoms with Gasteiger partial charge in [0.1, 0.15) is 6.33 Å². The molecule has 19 heavy (non-hydrogen) atoms. The minimum Gasteiger partial charge on any atom is -0.478 e. The van der Waals surface area contributed by atoms with E-state index in [1.807, 2.05) is 24.3 Å². The number of para-hydroxylation sites is 1. The molecule has 0 aliphatic rings. The van der Waals surface area contributed by atoms with Crippen molar-refractivity contribution in [3.63, 3.8) is 0 Å². The Labute approximate surface area is 109 Å². The van der Waals surface area contributed by atoms with Crippen LogP contribution in [0.25, 0.3) is 10.9 Å². The number of aromatic nitrogens is 3. The number of hydrogen-bond donors (Lipinski definition) is 0. The van der Waals surface area contributed by atoms with E-state index in [0.29, 0.717) is 17.5 Å². The van der Waals surface area contributed by atoms with Crippen LogP contribution < -0.4 is 9.47 Å². The first-order valence-electron chi connectivity index (χ1n) is 5.75. The van der Waals surface area contributed by atoms with E-state index in [2.05, 4.69) is 15.0 Å². The topological polar surface area (TPSA) is 57.1 Å². The lowest BCUT2D eigenvalue weighted by atomic mass is 10.2. The highest BCUT2D eigenvalue weighted by Gasteiger charge is 2.09. The highest BCUT2D eigenvalue weighted by molar-refractivity contribution is 5.83. The summed E-state index contributed by atoms with van der Waals surface area (Å²) in [6, 6.07) is 11.2. The fraction of sp³-hybridized carbons (Fsp3) is 0.0714.